The first kappa shape index (κ1) is 25.1. The third-order valence-corrected chi connectivity index (χ3v) is 4.74. The van der Waals surface area contributed by atoms with Gasteiger partial charge in [-0.1, -0.05) is 20.8 Å². The fourth-order valence-electron chi connectivity index (χ4n) is 3.32. The van der Waals surface area contributed by atoms with Crippen molar-refractivity contribution in [1.82, 2.24) is 15.5 Å². The Balaban J connectivity index is 0.00000158. The van der Waals surface area contributed by atoms with Crippen molar-refractivity contribution in [1.29, 1.82) is 0 Å². The van der Waals surface area contributed by atoms with Crippen molar-refractivity contribution >= 4 is 17.7 Å². The van der Waals surface area contributed by atoms with E-state index in [1.165, 1.54) is 17.1 Å². The van der Waals surface area contributed by atoms with Crippen LogP contribution in [0.15, 0.2) is 25.3 Å². The van der Waals surface area contributed by atoms with Gasteiger partial charge in [-0.2, -0.15) is 0 Å². The van der Waals surface area contributed by atoms with Crippen LogP contribution in [0.4, 0.5) is 0 Å². The molecule has 1 unspecified atom stereocenters. The number of carbonyl (C=O) groups is 3. The van der Waals surface area contributed by atoms with E-state index < -0.39 is 0 Å². The molecule has 0 aromatic rings. The summed E-state index contributed by atoms with van der Waals surface area (Å²) in [5, 5.41) is 6.13. The van der Waals surface area contributed by atoms with Gasteiger partial charge in [-0.25, -0.2) is 0 Å². The molecule has 1 heterocycles. The van der Waals surface area contributed by atoms with Crippen LogP contribution in [0.1, 0.15) is 46.5 Å². The molecule has 27 heavy (non-hydrogen) atoms. The fraction of sp³-hybridized carbons (Fsp3) is 0.667. The van der Waals surface area contributed by atoms with E-state index in [2.05, 4.69) is 30.7 Å². The fourth-order valence-corrected chi connectivity index (χ4v) is 3.32. The molecule has 2 N–H and O–H groups in total. The number of rotatable bonds is 7. The van der Waals surface area contributed by atoms with Crippen molar-refractivity contribution in [2.24, 2.45) is 17.8 Å². The van der Waals surface area contributed by atoms with Crippen molar-refractivity contribution in [3.05, 3.63) is 25.3 Å². The maximum Gasteiger partial charge on any atom is 0.253 e. The van der Waals surface area contributed by atoms with Gasteiger partial charge >= 0.3 is 0 Å². The Morgan fingerprint density at radius 1 is 1.11 bits per heavy atom. The molecule has 3 amide bonds. The zero-order valence-corrected chi connectivity index (χ0v) is 17.4. The third-order valence-electron chi connectivity index (χ3n) is 4.74. The van der Waals surface area contributed by atoms with Gasteiger partial charge in [0, 0.05) is 31.2 Å². The van der Waals surface area contributed by atoms with Crippen LogP contribution in [0.5, 0.6) is 0 Å². The minimum atomic E-state index is -0.214. The zero-order valence-electron chi connectivity index (χ0n) is 17.4. The molecule has 0 aromatic heterocycles. The minimum absolute atomic E-state index is 0.0659. The highest BCUT2D eigenvalue weighted by Crippen LogP contribution is 2.30. The predicted molar refractivity (Wildman–Crippen MR) is 110 cm³/mol. The van der Waals surface area contributed by atoms with Gasteiger partial charge in [-0.15, -0.1) is 13.2 Å². The Kier molecular flexibility index (Phi) is 13.1. The maximum atomic E-state index is 12.2. The monoisotopic (exact) mass is 379 g/mol. The van der Waals surface area contributed by atoms with Crippen LogP contribution in [0.2, 0.25) is 0 Å². The molecule has 0 saturated heterocycles. The molecule has 0 aromatic carbocycles. The molecule has 1 aliphatic heterocycles. The molecule has 2 aliphatic rings. The molecule has 1 atom stereocenters. The molecule has 1 fully saturated rings. The van der Waals surface area contributed by atoms with E-state index in [4.69, 9.17) is 0 Å². The summed E-state index contributed by atoms with van der Waals surface area (Å²) in [5.41, 5.74) is 0. The van der Waals surface area contributed by atoms with Crippen LogP contribution in [-0.4, -0.2) is 49.3 Å². The Labute approximate surface area is 164 Å². The number of hydrogen-bond acceptors (Lipinski definition) is 4. The summed E-state index contributed by atoms with van der Waals surface area (Å²) in [6, 6.07) is 0. The molecule has 1 saturated carbocycles. The second kappa shape index (κ2) is 14.2. The van der Waals surface area contributed by atoms with Crippen LogP contribution < -0.4 is 10.6 Å². The second-order valence-corrected chi connectivity index (χ2v) is 6.75. The van der Waals surface area contributed by atoms with Crippen LogP contribution in [0, 0.1) is 17.8 Å². The highest BCUT2D eigenvalue weighted by Gasteiger charge is 2.31. The van der Waals surface area contributed by atoms with E-state index in [-0.39, 0.29) is 23.6 Å². The number of amides is 3. The van der Waals surface area contributed by atoms with E-state index in [9.17, 15) is 14.4 Å². The number of imide groups is 1. The molecule has 0 spiro atoms. The minimum Gasteiger partial charge on any atom is -0.356 e. The van der Waals surface area contributed by atoms with E-state index in [1.807, 2.05) is 20.9 Å². The van der Waals surface area contributed by atoms with Gasteiger partial charge in [-0.3, -0.25) is 19.3 Å². The van der Waals surface area contributed by atoms with Crippen LogP contribution >= 0.6 is 0 Å². The van der Waals surface area contributed by atoms with Gasteiger partial charge in [0.25, 0.3) is 11.8 Å². The molecule has 2 rings (SSSR count). The normalized spacial score (nSPS) is 22.3. The highest BCUT2D eigenvalue weighted by atomic mass is 16.2. The van der Waals surface area contributed by atoms with Gasteiger partial charge in [0.05, 0.1) is 0 Å². The van der Waals surface area contributed by atoms with Gasteiger partial charge in [-0.05, 0) is 51.1 Å². The van der Waals surface area contributed by atoms with Gasteiger partial charge < -0.3 is 10.6 Å². The number of carbonyl (C=O) groups excluding carboxylic acids is 3. The zero-order chi connectivity index (χ0) is 20.8. The Morgan fingerprint density at radius 2 is 1.63 bits per heavy atom. The van der Waals surface area contributed by atoms with Crippen molar-refractivity contribution in [3.8, 4) is 0 Å². The molecule has 0 bridgehead atoms. The first-order valence-corrected chi connectivity index (χ1v) is 9.97. The van der Waals surface area contributed by atoms with Crippen LogP contribution in [-0.2, 0) is 14.4 Å². The molecule has 6 heteroatoms. The number of nitrogens with one attached hydrogen (secondary N) is 2. The number of nitrogens with zero attached hydrogens (tertiary/aromatic N) is 1. The Bertz CT molecular complexity index is 479. The average Bonchev–Trinajstić information content (AvgIpc) is 3.02. The molecular weight excluding hydrogens is 342 g/mol. The van der Waals surface area contributed by atoms with Crippen LogP contribution in [0.3, 0.4) is 0 Å². The molecule has 1 aliphatic carbocycles. The molecule has 154 valence electrons. The molecule has 0 radical (unpaired) electrons. The lowest BCUT2D eigenvalue weighted by atomic mass is 9.81. The van der Waals surface area contributed by atoms with Gasteiger partial charge in [0.1, 0.15) is 0 Å². The second-order valence-electron chi connectivity index (χ2n) is 6.75. The predicted octanol–water partition coefficient (Wildman–Crippen LogP) is 2.52. The van der Waals surface area contributed by atoms with E-state index in [1.54, 1.807) is 0 Å². The van der Waals surface area contributed by atoms with Crippen molar-refractivity contribution < 1.29 is 14.4 Å². The van der Waals surface area contributed by atoms with E-state index in [0.29, 0.717) is 24.9 Å². The summed E-state index contributed by atoms with van der Waals surface area (Å²) >= 11 is 0. The van der Waals surface area contributed by atoms with Crippen molar-refractivity contribution in [3.63, 3.8) is 0 Å². The topological polar surface area (TPSA) is 78.5 Å². The smallest absolute Gasteiger partial charge is 0.253 e. The summed E-state index contributed by atoms with van der Waals surface area (Å²) in [6.45, 7) is 14.2. The third kappa shape index (κ3) is 8.52. The van der Waals surface area contributed by atoms with Crippen molar-refractivity contribution in [2.75, 3.05) is 26.7 Å². The van der Waals surface area contributed by atoms with Crippen LogP contribution in [0.25, 0.3) is 0 Å². The number of hydrogen-bond donors (Lipinski definition) is 2. The van der Waals surface area contributed by atoms with E-state index >= 15 is 0 Å². The lowest BCUT2D eigenvalue weighted by Crippen LogP contribution is -2.39. The van der Waals surface area contributed by atoms with Gasteiger partial charge in [0.2, 0.25) is 5.91 Å². The lowest BCUT2D eigenvalue weighted by Gasteiger charge is -2.30. The summed E-state index contributed by atoms with van der Waals surface area (Å²) in [6.07, 6.45) is 6.10. The highest BCUT2D eigenvalue weighted by molar-refractivity contribution is 6.12. The summed E-state index contributed by atoms with van der Waals surface area (Å²) in [7, 11) is 1.91. The largest absolute Gasteiger partial charge is 0.356 e. The van der Waals surface area contributed by atoms with Gasteiger partial charge in [0.15, 0.2) is 0 Å². The molecule has 6 nitrogen and oxygen atoms in total. The molecular formula is C21H37N3O3. The Morgan fingerprint density at radius 3 is 2.11 bits per heavy atom. The quantitative estimate of drug-likeness (QED) is 0.526. The first-order valence-electron chi connectivity index (χ1n) is 9.97. The van der Waals surface area contributed by atoms with Crippen molar-refractivity contribution in [2.45, 2.75) is 46.5 Å². The van der Waals surface area contributed by atoms with E-state index in [0.717, 1.165) is 32.2 Å². The summed E-state index contributed by atoms with van der Waals surface area (Å²) < 4.78 is 0. The average molecular weight is 380 g/mol. The first-order chi connectivity index (χ1) is 13.0. The standard InChI is InChI=1S/C17H27N3O3.C2H6.C2H4/c1-12(9-18-2)10-19-17(23)14-5-3-13(4-6-14)11-20-15(21)7-8-16(20)22;2*1-2/h7-8,12-14,18H,3-6,9-11H2,1-2H3,(H,19,23);1-2H3;1-2H2. The maximum absolute atomic E-state index is 12.2. The Hall–Kier alpha value is -1.95. The summed E-state index contributed by atoms with van der Waals surface area (Å²) in [5.74, 6) is 0.509. The lowest BCUT2D eigenvalue weighted by molar-refractivity contribution is -0.138. The summed E-state index contributed by atoms with van der Waals surface area (Å²) in [4.78, 5) is 36.7. The SMILES string of the molecule is C=C.CC.CNCC(C)CNC(=O)C1CCC(CN2C(=O)C=CC2=O)CC1.